The molecule has 1 heteroatoms. The molecule has 0 aromatic carbocycles. The normalized spacial score (nSPS) is 17.2. The Morgan fingerprint density at radius 3 is 2.55 bits per heavy atom. The van der Waals surface area contributed by atoms with E-state index in [0.717, 1.165) is 0 Å². The molecule has 0 bridgehead atoms. The van der Waals surface area contributed by atoms with Crippen LogP contribution in [0.15, 0.2) is 35.6 Å². The lowest BCUT2D eigenvalue weighted by molar-refractivity contribution is 1.63. The summed E-state index contributed by atoms with van der Waals surface area (Å²) in [6, 6.07) is 0. The molecule has 1 rings (SSSR count). The highest BCUT2D eigenvalue weighted by molar-refractivity contribution is 6.83. The van der Waals surface area contributed by atoms with Crippen LogP contribution in [0.25, 0.3) is 0 Å². The Balaban J connectivity index is 2.81. The van der Waals surface area contributed by atoms with E-state index in [2.05, 4.69) is 56.4 Å². The minimum Gasteiger partial charge on any atom is -0.172 e. The van der Waals surface area contributed by atoms with Crippen molar-refractivity contribution in [2.75, 3.05) is 0 Å². The van der Waals surface area contributed by atoms with Crippen LogP contribution in [0.5, 0.6) is 0 Å². The molecule has 1 aliphatic rings. The SMILES string of the molecule is C[Si](C)(C)C1=C[CH-]C=CC=C1. The van der Waals surface area contributed by atoms with E-state index in [1.54, 1.807) is 0 Å². The molecule has 0 amide bonds. The molecule has 0 nitrogen and oxygen atoms in total. The maximum Gasteiger partial charge on any atom is 0.0158 e. The molecule has 0 heterocycles. The number of rotatable bonds is 1. The van der Waals surface area contributed by atoms with Crippen LogP contribution in [-0.4, -0.2) is 8.07 Å². The summed E-state index contributed by atoms with van der Waals surface area (Å²) in [6.45, 7) is 7.09. The van der Waals surface area contributed by atoms with Crippen molar-refractivity contribution in [2.45, 2.75) is 19.6 Å². The summed E-state index contributed by atoms with van der Waals surface area (Å²) in [5.41, 5.74) is 0. The van der Waals surface area contributed by atoms with Gasteiger partial charge in [-0.25, -0.2) is 0 Å². The third-order valence-electron chi connectivity index (χ3n) is 1.75. The first kappa shape index (κ1) is 8.40. The standard InChI is InChI=1S/C10H15Si/c1-11(2,3)10-8-6-4-5-7-9-10/h4-9H,1-3H3/q-1. The van der Waals surface area contributed by atoms with Crippen molar-refractivity contribution >= 4 is 8.07 Å². The van der Waals surface area contributed by atoms with Gasteiger partial charge in [0.1, 0.15) is 0 Å². The first-order valence-corrected chi connectivity index (χ1v) is 7.49. The molecule has 1 aliphatic carbocycles. The highest BCUT2D eigenvalue weighted by atomic mass is 28.3. The van der Waals surface area contributed by atoms with Crippen LogP contribution in [0.3, 0.4) is 0 Å². The quantitative estimate of drug-likeness (QED) is 0.411. The second kappa shape index (κ2) is 3.14. The van der Waals surface area contributed by atoms with Gasteiger partial charge in [-0.3, -0.25) is 0 Å². The highest BCUT2D eigenvalue weighted by Crippen LogP contribution is 2.17. The Morgan fingerprint density at radius 2 is 1.91 bits per heavy atom. The monoisotopic (exact) mass is 163 g/mol. The zero-order valence-electron chi connectivity index (χ0n) is 7.46. The number of hydrogen-bond acceptors (Lipinski definition) is 0. The maximum absolute atomic E-state index is 2.36. The average Bonchev–Trinajstić information content (AvgIpc) is 2.10. The molecular weight excluding hydrogens is 148 g/mol. The van der Waals surface area contributed by atoms with Crippen LogP contribution in [0, 0.1) is 6.42 Å². The molecule has 0 unspecified atom stereocenters. The Morgan fingerprint density at radius 1 is 1.18 bits per heavy atom. The Labute approximate surface area is 70.3 Å². The van der Waals surface area contributed by atoms with Gasteiger partial charge >= 0.3 is 0 Å². The lowest BCUT2D eigenvalue weighted by Gasteiger charge is -2.22. The smallest absolute Gasteiger partial charge is 0.0158 e. The van der Waals surface area contributed by atoms with Crippen molar-refractivity contribution in [2.24, 2.45) is 0 Å². The summed E-state index contributed by atoms with van der Waals surface area (Å²) in [7, 11) is -1.09. The van der Waals surface area contributed by atoms with E-state index in [9.17, 15) is 0 Å². The Kier molecular flexibility index (Phi) is 2.40. The van der Waals surface area contributed by atoms with E-state index in [-0.39, 0.29) is 0 Å². The summed E-state index contributed by atoms with van der Waals surface area (Å²) in [6.07, 6.45) is 12.8. The molecule has 0 aromatic heterocycles. The van der Waals surface area contributed by atoms with Crippen molar-refractivity contribution < 1.29 is 0 Å². The van der Waals surface area contributed by atoms with Crippen molar-refractivity contribution in [3.8, 4) is 0 Å². The van der Waals surface area contributed by atoms with Gasteiger partial charge in [0.25, 0.3) is 0 Å². The first-order valence-electron chi connectivity index (χ1n) is 3.99. The van der Waals surface area contributed by atoms with Gasteiger partial charge in [0.05, 0.1) is 0 Å². The van der Waals surface area contributed by atoms with Crippen LogP contribution >= 0.6 is 0 Å². The van der Waals surface area contributed by atoms with Crippen LogP contribution < -0.4 is 0 Å². The molecule has 0 saturated heterocycles. The second-order valence-corrected chi connectivity index (χ2v) is 8.89. The molecule has 60 valence electrons. The van der Waals surface area contributed by atoms with Crippen molar-refractivity contribution in [3.05, 3.63) is 42.0 Å². The molecule has 0 radical (unpaired) electrons. The predicted molar refractivity (Wildman–Crippen MR) is 54.0 cm³/mol. The van der Waals surface area contributed by atoms with Crippen molar-refractivity contribution in [3.63, 3.8) is 0 Å². The van der Waals surface area contributed by atoms with E-state index in [4.69, 9.17) is 0 Å². The largest absolute Gasteiger partial charge is 0.172 e. The molecule has 0 saturated carbocycles. The summed E-state index contributed by atoms with van der Waals surface area (Å²) < 4.78 is 0. The van der Waals surface area contributed by atoms with Gasteiger partial charge in [0.2, 0.25) is 0 Å². The lowest BCUT2D eigenvalue weighted by Crippen LogP contribution is -2.22. The van der Waals surface area contributed by atoms with Gasteiger partial charge in [-0.15, -0.1) is 17.3 Å². The molecule has 0 spiro atoms. The second-order valence-electron chi connectivity index (χ2n) is 3.81. The molecule has 0 aromatic rings. The van der Waals surface area contributed by atoms with E-state index in [0.29, 0.717) is 0 Å². The summed E-state index contributed by atoms with van der Waals surface area (Å²) >= 11 is 0. The highest BCUT2D eigenvalue weighted by Gasteiger charge is 2.10. The predicted octanol–water partition coefficient (Wildman–Crippen LogP) is 3.12. The van der Waals surface area contributed by atoms with Crippen molar-refractivity contribution in [1.29, 1.82) is 0 Å². The Hall–Kier alpha value is -0.693. The zero-order valence-corrected chi connectivity index (χ0v) is 8.46. The first-order chi connectivity index (χ1) is 5.11. The van der Waals surface area contributed by atoms with Crippen LogP contribution in [-0.2, 0) is 0 Å². The van der Waals surface area contributed by atoms with Gasteiger partial charge in [-0.2, -0.15) is 24.6 Å². The number of allylic oxidation sites excluding steroid dienone is 6. The molecule has 0 fully saturated rings. The fraction of sp³-hybridized carbons (Fsp3) is 0.300. The van der Waals surface area contributed by atoms with Gasteiger partial charge in [-0.05, 0) is 0 Å². The van der Waals surface area contributed by atoms with E-state index >= 15 is 0 Å². The van der Waals surface area contributed by atoms with Gasteiger partial charge in [0, 0.05) is 8.07 Å². The average molecular weight is 163 g/mol. The molecule has 0 aliphatic heterocycles. The Bertz CT molecular complexity index is 214. The summed E-state index contributed by atoms with van der Waals surface area (Å²) in [5, 5.41) is 1.52. The van der Waals surface area contributed by atoms with Crippen molar-refractivity contribution in [1.82, 2.24) is 0 Å². The van der Waals surface area contributed by atoms with Gasteiger partial charge < -0.3 is 0 Å². The fourth-order valence-electron chi connectivity index (χ4n) is 1.00. The van der Waals surface area contributed by atoms with Gasteiger partial charge in [-0.1, -0.05) is 19.6 Å². The van der Waals surface area contributed by atoms with E-state index < -0.39 is 8.07 Å². The molecule has 0 N–H and O–H groups in total. The summed E-state index contributed by atoms with van der Waals surface area (Å²) in [5.74, 6) is 0. The minimum atomic E-state index is -1.09. The number of hydrogen-bond donors (Lipinski definition) is 0. The van der Waals surface area contributed by atoms with Crippen LogP contribution in [0.2, 0.25) is 19.6 Å². The van der Waals surface area contributed by atoms with Crippen LogP contribution in [0.4, 0.5) is 0 Å². The van der Waals surface area contributed by atoms with Gasteiger partial charge in [0.15, 0.2) is 0 Å². The molecule has 0 atom stereocenters. The van der Waals surface area contributed by atoms with E-state index in [1.165, 1.54) is 5.20 Å². The maximum atomic E-state index is 2.36. The zero-order chi connectivity index (χ0) is 8.32. The lowest BCUT2D eigenvalue weighted by atomic mass is 10.4. The summed E-state index contributed by atoms with van der Waals surface area (Å²) in [4.78, 5) is 0. The topological polar surface area (TPSA) is 0 Å². The molecular formula is C10H15Si-. The van der Waals surface area contributed by atoms with Crippen LogP contribution in [0.1, 0.15) is 0 Å². The van der Waals surface area contributed by atoms with E-state index in [1.807, 2.05) is 0 Å². The third-order valence-corrected chi connectivity index (χ3v) is 3.82. The minimum absolute atomic E-state index is 1.09. The molecule has 11 heavy (non-hydrogen) atoms. The third kappa shape index (κ3) is 2.43. The fourth-order valence-corrected chi connectivity index (χ4v) is 2.19.